The molecule has 0 aromatic heterocycles. The molecule has 0 fully saturated rings. The summed E-state index contributed by atoms with van der Waals surface area (Å²) in [6, 6.07) is 6.43. The Balaban J connectivity index is 1.98. The number of benzene rings is 1. The molecule has 4 N–H and O–H groups in total. The van der Waals surface area contributed by atoms with Crippen molar-refractivity contribution in [1.29, 1.82) is 0 Å². The van der Waals surface area contributed by atoms with Gasteiger partial charge in [-0.3, -0.25) is 0 Å². The molecule has 0 bridgehead atoms. The molecule has 0 saturated heterocycles. The molecule has 1 aliphatic heterocycles. The highest BCUT2D eigenvalue weighted by Gasteiger charge is 2.23. The van der Waals surface area contributed by atoms with Crippen molar-refractivity contribution in [3.8, 4) is 5.75 Å². The van der Waals surface area contributed by atoms with E-state index in [0.717, 1.165) is 25.3 Å². The van der Waals surface area contributed by atoms with Crippen LogP contribution >= 0.6 is 0 Å². The van der Waals surface area contributed by atoms with Crippen LogP contribution in [0.4, 0.5) is 0 Å². The molecule has 1 unspecified atom stereocenters. The van der Waals surface area contributed by atoms with Gasteiger partial charge in [0.15, 0.2) is 0 Å². The molecule has 0 spiro atoms. The first-order chi connectivity index (χ1) is 9.03. The third-order valence-corrected chi connectivity index (χ3v) is 3.69. The molecule has 0 radical (unpaired) electrons. The van der Waals surface area contributed by atoms with E-state index in [2.05, 4.69) is 37.4 Å². The first-order valence-electron chi connectivity index (χ1n) is 6.88. The fraction of sp³-hybridized carbons (Fsp3) is 0.600. The molecule has 0 aliphatic carbocycles. The van der Waals surface area contributed by atoms with Crippen LogP contribution in [-0.4, -0.2) is 37.5 Å². The monoisotopic (exact) mass is 264 g/mol. The summed E-state index contributed by atoms with van der Waals surface area (Å²) in [7, 11) is 0. The highest BCUT2D eigenvalue weighted by Crippen LogP contribution is 2.31. The Bertz CT molecular complexity index is 432. The lowest BCUT2D eigenvalue weighted by molar-refractivity contribution is 0.177. The van der Waals surface area contributed by atoms with Gasteiger partial charge in [-0.25, -0.2) is 0 Å². The van der Waals surface area contributed by atoms with Crippen LogP contribution in [0.3, 0.4) is 0 Å². The summed E-state index contributed by atoms with van der Waals surface area (Å²) >= 11 is 0. The standard InChI is InChI=1S/C15H24N2O2/c1-15(2,10-17-9-13(18)8-16)12-3-4-14-11(7-12)5-6-19-14/h3-4,7,13,17-18H,5-6,8-10,16H2,1-2H3. The fourth-order valence-electron chi connectivity index (χ4n) is 2.34. The predicted octanol–water partition coefficient (Wildman–Crippen LogP) is 0.808. The summed E-state index contributed by atoms with van der Waals surface area (Å²) in [5, 5.41) is 12.7. The summed E-state index contributed by atoms with van der Waals surface area (Å²) in [5.41, 5.74) is 8.01. The number of aliphatic hydroxyl groups is 1. The van der Waals surface area contributed by atoms with E-state index in [4.69, 9.17) is 10.5 Å². The normalized spacial score (nSPS) is 16.0. The average molecular weight is 264 g/mol. The summed E-state index contributed by atoms with van der Waals surface area (Å²) < 4.78 is 5.53. The van der Waals surface area contributed by atoms with Gasteiger partial charge in [-0.15, -0.1) is 0 Å². The van der Waals surface area contributed by atoms with Crippen LogP contribution in [0.2, 0.25) is 0 Å². The van der Waals surface area contributed by atoms with E-state index in [9.17, 15) is 5.11 Å². The van der Waals surface area contributed by atoms with Crippen molar-refractivity contribution in [2.75, 3.05) is 26.2 Å². The van der Waals surface area contributed by atoms with Crippen molar-refractivity contribution in [3.05, 3.63) is 29.3 Å². The molecule has 1 aliphatic rings. The van der Waals surface area contributed by atoms with Crippen molar-refractivity contribution in [2.24, 2.45) is 5.73 Å². The van der Waals surface area contributed by atoms with Gasteiger partial charge in [0.1, 0.15) is 5.75 Å². The second-order valence-corrected chi connectivity index (χ2v) is 5.83. The highest BCUT2D eigenvalue weighted by molar-refractivity contribution is 5.42. The number of hydrogen-bond donors (Lipinski definition) is 3. The zero-order valence-corrected chi connectivity index (χ0v) is 11.8. The van der Waals surface area contributed by atoms with Crippen LogP contribution in [0.1, 0.15) is 25.0 Å². The molecular formula is C15H24N2O2. The minimum atomic E-state index is -0.468. The van der Waals surface area contributed by atoms with Gasteiger partial charge in [0.25, 0.3) is 0 Å². The lowest BCUT2D eigenvalue weighted by Crippen LogP contribution is -2.39. The third kappa shape index (κ3) is 3.47. The van der Waals surface area contributed by atoms with E-state index >= 15 is 0 Å². The smallest absolute Gasteiger partial charge is 0.122 e. The van der Waals surface area contributed by atoms with E-state index in [1.54, 1.807) is 0 Å². The second-order valence-electron chi connectivity index (χ2n) is 5.83. The Labute approximate surface area is 115 Å². The first-order valence-corrected chi connectivity index (χ1v) is 6.88. The van der Waals surface area contributed by atoms with Gasteiger partial charge in [0, 0.05) is 31.5 Å². The molecular weight excluding hydrogens is 240 g/mol. The number of nitrogens with one attached hydrogen (secondary N) is 1. The van der Waals surface area contributed by atoms with Crippen molar-refractivity contribution in [1.82, 2.24) is 5.32 Å². The molecule has 1 aromatic rings. The molecule has 1 heterocycles. The average Bonchev–Trinajstić information content (AvgIpc) is 2.85. The van der Waals surface area contributed by atoms with Crippen molar-refractivity contribution in [3.63, 3.8) is 0 Å². The van der Waals surface area contributed by atoms with Crippen molar-refractivity contribution >= 4 is 0 Å². The van der Waals surface area contributed by atoms with Crippen LogP contribution in [0.15, 0.2) is 18.2 Å². The summed E-state index contributed by atoms with van der Waals surface area (Å²) in [6.45, 7) is 6.83. The number of fused-ring (bicyclic) bond motifs is 1. The number of hydrogen-bond acceptors (Lipinski definition) is 4. The fourth-order valence-corrected chi connectivity index (χ4v) is 2.34. The Morgan fingerprint density at radius 2 is 2.26 bits per heavy atom. The van der Waals surface area contributed by atoms with Crippen LogP contribution in [0.5, 0.6) is 5.75 Å². The van der Waals surface area contributed by atoms with Gasteiger partial charge >= 0.3 is 0 Å². The molecule has 0 amide bonds. The van der Waals surface area contributed by atoms with Gasteiger partial charge in [-0.1, -0.05) is 26.0 Å². The minimum absolute atomic E-state index is 0.0198. The summed E-state index contributed by atoms with van der Waals surface area (Å²) in [4.78, 5) is 0. The second kappa shape index (κ2) is 5.90. The van der Waals surface area contributed by atoms with Crippen LogP contribution in [-0.2, 0) is 11.8 Å². The van der Waals surface area contributed by atoms with E-state index in [1.807, 2.05) is 0 Å². The number of rotatable bonds is 6. The topological polar surface area (TPSA) is 67.5 Å². The van der Waals surface area contributed by atoms with Crippen LogP contribution in [0, 0.1) is 0 Å². The van der Waals surface area contributed by atoms with E-state index < -0.39 is 6.10 Å². The van der Waals surface area contributed by atoms with Crippen LogP contribution in [0.25, 0.3) is 0 Å². The molecule has 4 heteroatoms. The maximum absolute atomic E-state index is 9.45. The van der Waals surface area contributed by atoms with Crippen molar-refractivity contribution < 1.29 is 9.84 Å². The Kier molecular flexibility index (Phi) is 4.45. The van der Waals surface area contributed by atoms with Gasteiger partial charge in [-0.2, -0.15) is 0 Å². The molecule has 19 heavy (non-hydrogen) atoms. The Morgan fingerprint density at radius 1 is 1.47 bits per heavy atom. The Hall–Kier alpha value is -1.10. The lowest BCUT2D eigenvalue weighted by Gasteiger charge is -2.27. The molecule has 106 valence electrons. The SMILES string of the molecule is CC(C)(CNCC(O)CN)c1ccc2c(c1)CCO2. The Morgan fingerprint density at radius 3 is 3.00 bits per heavy atom. The molecule has 0 saturated carbocycles. The zero-order chi connectivity index (χ0) is 13.9. The maximum atomic E-state index is 9.45. The number of aliphatic hydroxyl groups excluding tert-OH is 1. The van der Waals surface area contributed by atoms with Gasteiger partial charge in [0.05, 0.1) is 12.7 Å². The summed E-state index contributed by atoms with van der Waals surface area (Å²) in [6.07, 6.45) is 0.530. The molecule has 2 rings (SSSR count). The largest absolute Gasteiger partial charge is 0.493 e. The molecule has 1 atom stereocenters. The zero-order valence-electron chi connectivity index (χ0n) is 11.8. The van der Waals surface area contributed by atoms with E-state index in [-0.39, 0.29) is 5.41 Å². The van der Waals surface area contributed by atoms with E-state index in [0.29, 0.717) is 13.1 Å². The number of ether oxygens (including phenoxy) is 1. The third-order valence-electron chi connectivity index (χ3n) is 3.69. The number of nitrogens with two attached hydrogens (primary N) is 1. The van der Waals surface area contributed by atoms with Crippen molar-refractivity contribution in [2.45, 2.75) is 31.8 Å². The lowest BCUT2D eigenvalue weighted by atomic mass is 9.83. The molecule has 1 aromatic carbocycles. The quantitative estimate of drug-likeness (QED) is 0.711. The van der Waals surface area contributed by atoms with Gasteiger partial charge in [-0.05, 0) is 17.2 Å². The van der Waals surface area contributed by atoms with Crippen LogP contribution < -0.4 is 15.8 Å². The predicted molar refractivity (Wildman–Crippen MR) is 76.6 cm³/mol. The maximum Gasteiger partial charge on any atom is 0.122 e. The summed E-state index contributed by atoms with van der Waals surface area (Å²) in [5.74, 6) is 1.02. The molecule has 4 nitrogen and oxygen atoms in total. The van der Waals surface area contributed by atoms with Gasteiger partial charge in [0.2, 0.25) is 0 Å². The minimum Gasteiger partial charge on any atom is -0.493 e. The van der Waals surface area contributed by atoms with Gasteiger partial charge < -0.3 is 20.9 Å². The highest BCUT2D eigenvalue weighted by atomic mass is 16.5. The van der Waals surface area contributed by atoms with E-state index in [1.165, 1.54) is 11.1 Å². The first kappa shape index (κ1) is 14.3.